The molecule has 0 aromatic heterocycles. The number of halogens is 1. The molecule has 156 valence electrons. The fourth-order valence-corrected chi connectivity index (χ4v) is 2.95. The normalized spacial score (nSPS) is 12.4. The van der Waals surface area contributed by atoms with E-state index in [1.165, 1.54) is 50.8 Å². The molecule has 0 aliphatic carbocycles. The zero-order valence-electron chi connectivity index (χ0n) is 16.3. The Morgan fingerprint density at radius 2 is 1.83 bits per heavy atom. The molecule has 0 N–H and O–H groups in total. The molecule has 2 rings (SSSR count). The third-order valence-electron chi connectivity index (χ3n) is 4.03. The highest BCUT2D eigenvalue weighted by Gasteiger charge is 2.23. The van der Waals surface area contributed by atoms with Gasteiger partial charge < -0.3 is 9.47 Å². The molecule has 8 nitrogen and oxygen atoms in total. The summed E-state index contributed by atoms with van der Waals surface area (Å²) in [7, 11) is 2.46. The van der Waals surface area contributed by atoms with Crippen molar-refractivity contribution in [3.8, 4) is 0 Å². The van der Waals surface area contributed by atoms with Gasteiger partial charge >= 0.3 is 11.9 Å². The van der Waals surface area contributed by atoms with Gasteiger partial charge in [-0.3, -0.25) is 15.1 Å². The Kier molecular flexibility index (Phi) is 8.42. The average Bonchev–Trinajstić information content (AvgIpc) is 2.75. The summed E-state index contributed by atoms with van der Waals surface area (Å²) < 4.78 is 10.5. The van der Waals surface area contributed by atoms with Crippen LogP contribution in [0.5, 0.6) is 0 Å². The number of carbonyl (C=O) groups is 2. The Hall–Kier alpha value is -3.33. The minimum atomic E-state index is -0.975. The van der Waals surface area contributed by atoms with Crippen molar-refractivity contribution in [2.45, 2.75) is 12.5 Å². The summed E-state index contributed by atoms with van der Waals surface area (Å²) in [5, 5.41) is 10.8. The molecule has 0 bridgehead atoms. The van der Waals surface area contributed by atoms with E-state index in [-0.39, 0.29) is 17.7 Å². The van der Waals surface area contributed by atoms with Gasteiger partial charge in [-0.05, 0) is 41.5 Å². The smallest absolute Gasteiger partial charge is 0.333 e. The molecule has 0 amide bonds. The van der Waals surface area contributed by atoms with Crippen LogP contribution >= 0.6 is 15.9 Å². The molecular formula is C21H19BrN2O6. The van der Waals surface area contributed by atoms with E-state index in [4.69, 9.17) is 9.47 Å². The van der Waals surface area contributed by atoms with E-state index in [1.54, 1.807) is 0 Å². The number of ether oxygens (including phenoxy) is 2. The molecule has 2 aromatic carbocycles. The highest BCUT2D eigenvalue weighted by molar-refractivity contribution is 9.10. The predicted molar refractivity (Wildman–Crippen MR) is 115 cm³/mol. The summed E-state index contributed by atoms with van der Waals surface area (Å²) in [6.45, 7) is 0. The van der Waals surface area contributed by atoms with Gasteiger partial charge in [0.05, 0.1) is 19.1 Å². The molecular weight excluding hydrogens is 456 g/mol. The molecule has 0 saturated carbocycles. The molecule has 0 unspecified atom stereocenters. The number of benzene rings is 2. The van der Waals surface area contributed by atoms with E-state index in [0.29, 0.717) is 5.56 Å². The van der Waals surface area contributed by atoms with Gasteiger partial charge in [-0.2, -0.15) is 0 Å². The van der Waals surface area contributed by atoms with Gasteiger partial charge in [0.1, 0.15) is 0 Å². The Morgan fingerprint density at radius 1 is 1.13 bits per heavy atom. The van der Waals surface area contributed by atoms with E-state index in [0.717, 1.165) is 10.0 Å². The monoisotopic (exact) mass is 474 g/mol. The third-order valence-corrected chi connectivity index (χ3v) is 4.52. The van der Waals surface area contributed by atoms with Gasteiger partial charge in [0.15, 0.2) is 6.04 Å². The number of nitro benzene ring substituents is 1. The maximum atomic E-state index is 12.2. The van der Waals surface area contributed by atoms with Crippen LogP contribution < -0.4 is 0 Å². The van der Waals surface area contributed by atoms with E-state index >= 15 is 0 Å². The number of esters is 2. The van der Waals surface area contributed by atoms with Crippen LogP contribution in [-0.4, -0.2) is 43.3 Å². The molecule has 0 saturated heterocycles. The number of carbonyl (C=O) groups excluding carboxylic acids is 2. The summed E-state index contributed by atoms with van der Waals surface area (Å²) in [5.74, 6) is -1.25. The maximum Gasteiger partial charge on any atom is 0.333 e. The second-order valence-corrected chi connectivity index (χ2v) is 7.00. The van der Waals surface area contributed by atoms with E-state index < -0.39 is 22.9 Å². The van der Waals surface area contributed by atoms with Gasteiger partial charge in [0.2, 0.25) is 0 Å². The van der Waals surface area contributed by atoms with Crippen LogP contribution in [0.25, 0.3) is 6.08 Å². The summed E-state index contributed by atoms with van der Waals surface area (Å²) in [5.41, 5.74) is 1.41. The number of non-ortho nitro benzene ring substituents is 1. The van der Waals surface area contributed by atoms with Crippen LogP contribution in [0.2, 0.25) is 0 Å². The van der Waals surface area contributed by atoms with Crippen LogP contribution in [0.3, 0.4) is 0 Å². The first-order valence-corrected chi connectivity index (χ1v) is 9.53. The second-order valence-electron chi connectivity index (χ2n) is 6.09. The molecule has 9 heteroatoms. The fourth-order valence-electron chi connectivity index (χ4n) is 2.53. The molecule has 0 aliphatic heterocycles. The molecule has 30 heavy (non-hydrogen) atoms. The van der Waals surface area contributed by atoms with E-state index in [2.05, 4.69) is 20.9 Å². The minimum absolute atomic E-state index is 0.0686. The van der Waals surface area contributed by atoms with Gasteiger partial charge in [0.25, 0.3) is 5.69 Å². The van der Waals surface area contributed by atoms with Crippen LogP contribution in [0.1, 0.15) is 17.5 Å². The number of aliphatic imine (C=N–C) groups is 1. The van der Waals surface area contributed by atoms with Crippen molar-refractivity contribution in [3.63, 3.8) is 0 Å². The van der Waals surface area contributed by atoms with Crippen LogP contribution in [-0.2, 0) is 19.1 Å². The minimum Gasteiger partial charge on any atom is -0.467 e. The average molecular weight is 475 g/mol. The second kappa shape index (κ2) is 11.0. The van der Waals surface area contributed by atoms with E-state index in [1.807, 2.05) is 24.3 Å². The van der Waals surface area contributed by atoms with Crippen molar-refractivity contribution >= 4 is 45.8 Å². The highest BCUT2D eigenvalue weighted by atomic mass is 79.9. The SMILES string of the molecule is COC(=O)/C(=C/c1ccc([N+](=O)[O-])cc1)C[C@@H](N=Cc1cccc(Br)c1)C(=O)OC. The number of methoxy groups -OCH3 is 2. The quantitative estimate of drug-likeness (QED) is 0.188. The maximum absolute atomic E-state index is 12.2. The molecule has 0 spiro atoms. The van der Waals surface area contributed by atoms with Crippen molar-refractivity contribution in [2.75, 3.05) is 14.2 Å². The van der Waals surface area contributed by atoms with Crippen molar-refractivity contribution in [1.82, 2.24) is 0 Å². The summed E-state index contributed by atoms with van der Waals surface area (Å²) in [6.07, 6.45) is 2.95. The number of hydrogen-bond donors (Lipinski definition) is 0. The topological polar surface area (TPSA) is 108 Å². The molecule has 0 aliphatic rings. The Bertz CT molecular complexity index is 985. The van der Waals surface area contributed by atoms with Gasteiger partial charge in [-0.1, -0.05) is 28.1 Å². The lowest BCUT2D eigenvalue weighted by Gasteiger charge is -2.12. The van der Waals surface area contributed by atoms with Crippen molar-refractivity contribution in [3.05, 3.63) is 79.8 Å². The Morgan fingerprint density at radius 3 is 2.40 bits per heavy atom. The number of hydrogen-bond acceptors (Lipinski definition) is 7. The first kappa shape index (κ1) is 23.0. The number of nitrogens with zero attached hydrogens (tertiary/aromatic N) is 2. The first-order chi connectivity index (χ1) is 14.3. The Balaban J connectivity index is 2.32. The summed E-state index contributed by atoms with van der Waals surface area (Å²) in [4.78, 5) is 39.0. The van der Waals surface area contributed by atoms with Gasteiger partial charge in [-0.15, -0.1) is 0 Å². The standard InChI is InChI=1S/C21H19BrN2O6/c1-29-20(25)16(10-14-6-8-18(9-7-14)24(27)28)12-19(21(26)30-2)23-13-15-4-3-5-17(22)11-15/h3-11,13,19H,12H2,1-2H3/b16-10+,23-13?/t19-/m1/s1. The van der Waals surface area contributed by atoms with Gasteiger partial charge in [-0.25, -0.2) is 9.59 Å². The van der Waals surface area contributed by atoms with Crippen LogP contribution in [0, 0.1) is 10.1 Å². The van der Waals surface area contributed by atoms with Gasteiger partial charge in [0, 0.05) is 34.8 Å². The summed E-state index contributed by atoms with van der Waals surface area (Å²) in [6, 6.07) is 12.0. The Labute approximate surface area is 181 Å². The van der Waals surface area contributed by atoms with Crippen molar-refractivity contribution < 1.29 is 24.0 Å². The van der Waals surface area contributed by atoms with E-state index in [9.17, 15) is 19.7 Å². The lowest BCUT2D eigenvalue weighted by atomic mass is 10.0. The molecule has 2 aromatic rings. The molecule has 0 radical (unpaired) electrons. The lowest BCUT2D eigenvalue weighted by molar-refractivity contribution is -0.384. The number of nitro groups is 1. The van der Waals surface area contributed by atoms with Crippen LogP contribution in [0.15, 0.2) is 63.6 Å². The van der Waals surface area contributed by atoms with Crippen LogP contribution in [0.4, 0.5) is 5.69 Å². The predicted octanol–water partition coefficient (Wildman–Crippen LogP) is 3.96. The number of rotatable bonds is 8. The third kappa shape index (κ3) is 6.63. The molecule has 0 heterocycles. The molecule has 0 fully saturated rings. The first-order valence-electron chi connectivity index (χ1n) is 8.74. The zero-order valence-corrected chi connectivity index (χ0v) is 17.9. The molecule has 1 atom stereocenters. The van der Waals surface area contributed by atoms with Crippen molar-refractivity contribution in [2.24, 2.45) is 4.99 Å². The van der Waals surface area contributed by atoms with Crippen molar-refractivity contribution in [1.29, 1.82) is 0 Å². The largest absolute Gasteiger partial charge is 0.467 e. The highest BCUT2D eigenvalue weighted by Crippen LogP contribution is 2.19. The lowest BCUT2D eigenvalue weighted by Crippen LogP contribution is -2.23. The fraction of sp³-hybridized carbons (Fsp3) is 0.190. The zero-order chi connectivity index (χ0) is 22.1. The summed E-state index contributed by atoms with van der Waals surface area (Å²) >= 11 is 3.37.